The maximum atomic E-state index is 12.3. The summed E-state index contributed by atoms with van der Waals surface area (Å²) in [5.41, 5.74) is 0.0841. The molecule has 0 heterocycles. The van der Waals surface area contributed by atoms with Crippen LogP contribution in [0.5, 0.6) is 0 Å². The van der Waals surface area contributed by atoms with E-state index < -0.39 is 11.7 Å². The van der Waals surface area contributed by atoms with Crippen molar-refractivity contribution in [3.63, 3.8) is 0 Å². The van der Waals surface area contributed by atoms with Crippen molar-refractivity contribution in [3.8, 4) is 12.3 Å². The summed E-state index contributed by atoms with van der Waals surface area (Å²) in [4.78, 5) is 0. The topological polar surface area (TPSA) is 0 Å². The summed E-state index contributed by atoms with van der Waals surface area (Å²) in [6, 6.07) is 5.36. The summed E-state index contributed by atoms with van der Waals surface area (Å²) in [7, 11) is 0. The molecule has 0 aliphatic heterocycles. The van der Waals surface area contributed by atoms with Gasteiger partial charge in [-0.25, -0.2) is 0 Å². The quantitative estimate of drug-likeness (QED) is 0.529. The first-order chi connectivity index (χ1) is 7.04. The number of unbranched alkanes of at least 4 members (excludes halogenated alkanes) is 1. The second-order valence-electron chi connectivity index (χ2n) is 3.26. The van der Waals surface area contributed by atoms with Crippen molar-refractivity contribution in [2.45, 2.75) is 25.4 Å². The number of halogens is 3. The third-order valence-corrected chi connectivity index (χ3v) is 2.04. The monoisotopic (exact) mass is 212 g/mol. The number of rotatable bonds is 3. The van der Waals surface area contributed by atoms with Gasteiger partial charge in [-0.3, -0.25) is 0 Å². The molecule has 0 amide bonds. The first-order valence-corrected chi connectivity index (χ1v) is 4.63. The highest BCUT2D eigenvalue weighted by molar-refractivity contribution is 5.25. The van der Waals surface area contributed by atoms with Crippen LogP contribution in [-0.4, -0.2) is 0 Å². The van der Waals surface area contributed by atoms with Crippen molar-refractivity contribution >= 4 is 0 Å². The SMILES string of the molecule is C#CCCCc1cccc(C(F)(F)F)c1. The van der Waals surface area contributed by atoms with Gasteiger partial charge >= 0.3 is 6.18 Å². The fraction of sp³-hybridized carbons (Fsp3) is 0.333. The van der Waals surface area contributed by atoms with E-state index >= 15 is 0 Å². The van der Waals surface area contributed by atoms with E-state index in [1.54, 1.807) is 6.07 Å². The summed E-state index contributed by atoms with van der Waals surface area (Å²) in [6.07, 6.45) is 2.70. The summed E-state index contributed by atoms with van der Waals surface area (Å²) in [5, 5.41) is 0. The van der Waals surface area contributed by atoms with Crippen LogP contribution in [0.25, 0.3) is 0 Å². The molecular weight excluding hydrogens is 201 g/mol. The Kier molecular flexibility index (Phi) is 3.79. The highest BCUT2D eigenvalue weighted by atomic mass is 19.4. The number of terminal acetylenes is 1. The first kappa shape index (κ1) is 11.6. The predicted molar refractivity (Wildman–Crippen MR) is 53.2 cm³/mol. The lowest BCUT2D eigenvalue weighted by atomic mass is 10.1. The average molecular weight is 212 g/mol. The van der Waals surface area contributed by atoms with Crippen molar-refractivity contribution in [3.05, 3.63) is 35.4 Å². The molecular formula is C12H11F3. The third kappa shape index (κ3) is 3.67. The molecule has 0 aliphatic rings. The van der Waals surface area contributed by atoms with Crippen LogP contribution in [0.15, 0.2) is 24.3 Å². The molecule has 0 radical (unpaired) electrons. The van der Waals surface area contributed by atoms with Crippen LogP contribution in [0.1, 0.15) is 24.0 Å². The Morgan fingerprint density at radius 2 is 2.00 bits per heavy atom. The third-order valence-electron chi connectivity index (χ3n) is 2.04. The van der Waals surface area contributed by atoms with Crippen molar-refractivity contribution in [2.24, 2.45) is 0 Å². The minimum Gasteiger partial charge on any atom is -0.166 e. The zero-order chi connectivity index (χ0) is 11.3. The van der Waals surface area contributed by atoms with E-state index in [4.69, 9.17) is 6.42 Å². The zero-order valence-electron chi connectivity index (χ0n) is 8.14. The van der Waals surface area contributed by atoms with E-state index in [1.807, 2.05) is 0 Å². The van der Waals surface area contributed by atoms with Gasteiger partial charge in [0.15, 0.2) is 0 Å². The summed E-state index contributed by atoms with van der Waals surface area (Å²) in [5.74, 6) is 2.46. The molecule has 0 N–H and O–H groups in total. The molecule has 1 aromatic carbocycles. The fourth-order valence-electron chi connectivity index (χ4n) is 1.30. The van der Waals surface area contributed by atoms with E-state index in [0.29, 0.717) is 18.4 Å². The molecule has 0 saturated carbocycles. The van der Waals surface area contributed by atoms with Gasteiger partial charge in [-0.2, -0.15) is 13.2 Å². The molecule has 0 saturated heterocycles. The smallest absolute Gasteiger partial charge is 0.166 e. The van der Waals surface area contributed by atoms with Gasteiger partial charge in [-0.1, -0.05) is 18.2 Å². The second kappa shape index (κ2) is 4.88. The molecule has 80 valence electrons. The first-order valence-electron chi connectivity index (χ1n) is 4.63. The fourth-order valence-corrected chi connectivity index (χ4v) is 1.30. The molecule has 0 unspecified atom stereocenters. The normalized spacial score (nSPS) is 11.1. The Bertz CT molecular complexity index is 358. The molecule has 0 aliphatic carbocycles. The number of alkyl halides is 3. The van der Waals surface area contributed by atoms with Crippen LogP contribution in [0.4, 0.5) is 13.2 Å². The maximum absolute atomic E-state index is 12.3. The summed E-state index contributed by atoms with van der Waals surface area (Å²) in [6.45, 7) is 0. The zero-order valence-corrected chi connectivity index (χ0v) is 8.14. The van der Waals surface area contributed by atoms with Crippen LogP contribution >= 0.6 is 0 Å². The van der Waals surface area contributed by atoms with Gasteiger partial charge in [-0.05, 0) is 24.5 Å². The molecule has 0 spiro atoms. The van der Waals surface area contributed by atoms with Crippen LogP contribution in [0.3, 0.4) is 0 Å². The lowest BCUT2D eigenvalue weighted by molar-refractivity contribution is -0.137. The molecule has 0 atom stereocenters. The molecule has 0 aromatic heterocycles. The van der Waals surface area contributed by atoms with Gasteiger partial charge in [0.05, 0.1) is 5.56 Å². The predicted octanol–water partition coefficient (Wildman–Crippen LogP) is 3.66. The lowest BCUT2D eigenvalue weighted by Crippen LogP contribution is -2.05. The van der Waals surface area contributed by atoms with Crippen LogP contribution in [0.2, 0.25) is 0 Å². The van der Waals surface area contributed by atoms with Gasteiger partial charge in [0, 0.05) is 6.42 Å². The molecule has 1 aromatic rings. The van der Waals surface area contributed by atoms with E-state index in [2.05, 4.69) is 5.92 Å². The second-order valence-corrected chi connectivity index (χ2v) is 3.26. The molecule has 3 heteroatoms. The van der Waals surface area contributed by atoms with E-state index in [-0.39, 0.29) is 0 Å². The van der Waals surface area contributed by atoms with Crippen molar-refractivity contribution in [1.82, 2.24) is 0 Å². The van der Waals surface area contributed by atoms with Gasteiger partial charge in [-0.15, -0.1) is 12.3 Å². The molecule has 0 bridgehead atoms. The molecule has 15 heavy (non-hydrogen) atoms. The average Bonchev–Trinajstić information content (AvgIpc) is 2.17. The van der Waals surface area contributed by atoms with E-state index in [0.717, 1.165) is 12.5 Å². The van der Waals surface area contributed by atoms with Gasteiger partial charge < -0.3 is 0 Å². The number of hydrogen-bond donors (Lipinski definition) is 0. The largest absolute Gasteiger partial charge is 0.416 e. The van der Waals surface area contributed by atoms with Crippen molar-refractivity contribution in [2.75, 3.05) is 0 Å². The number of benzene rings is 1. The summed E-state index contributed by atoms with van der Waals surface area (Å²) < 4.78 is 37.0. The van der Waals surface area contributed by atoms with Crippen molar-refractivity contribution < 1.29 is 13.2 Å². The van der Waals surface area contributed by atoms with Gasteiger partial charge in [0.1, 0.15) is 0 Å². The number of aryl methyl sites for hydroxylation is 1. The lowest BCUT2D eigenvalue weighted by Gasteiger charge is -2.08. The Labute approximate surface area is 87.1 Å². The molecule has 0 fully saturated rings. The Hall–Kier alpha value is -1.43. The highest BCUT2D eigenvalue weighted by Crippen LogP contribution is 2.29. The minimum absolute atomic E-state index is 0.591. The van der Waals surface area contributed by atoms with Gasteiger partial charge in [0.2, 0.25) is 0 Å². The van der Waals surface area contributed by atoms with E-state index in [1.165, 1.54) is 12.1 Å². The molecule has 1 rings (SSSR count). The maximum Gasteiger partial charge on any atom is 0.416 e. The Balaban J connectivity index is 2.71. The summed E-state index contributed by atoms with van der Waals surface area (Å²) >= 11 is 0. The Morgan fingerprint density at radius 3 is 2.60 bits per heavy atom. The van der Waals surface area contributed by atoms with Crippen LogP contribution in [0, 0.1) is 12.3 Å². The van der Waals surface area contributed by atoms with E-state index in [9.17, 15) is 13.2 Å². The Morgan fingerprint density at radius 1 is 1.27 bits per heavy atom. The standard InChI is InChI=1S/C12H11F3/c1-2-3-4-6-10-7-5-8-11(9-10)12(13,14)15/h1,5,7-9H,3-4,6H2. The van der Waals surface area contributed by atoms with Gasteiger partial charge in [0.25, 0.3) is 0 Å². The number of hydrogen-bond acceptors (Lipinski definition) is 0. The minimum atomic E-state index is -4.26. The highest BCUT2D eigenvalue weighted by Gasteiger charge is 2.30. The molecule has 0 nitrogen and oxygen atoms in total. The van der Waals surface area contributed by atoms with Crippen LogP contribution in [-0.2, 0) is 12.6 Å². The van der Waals surface area contributed by atoms with Crippen molar-refractivity contribution in [1.29, 1.82) is 0 Å². The van der Waals surface area contributed by atoms with Crippen LogP contribution < -0.4 is 0 Å².